The van der Waals surface area contributed by atoms with Crippen LogP contribution >= 0.6 is 0 Å². The van der Waals surface area contributed by atoms with Crippen molar-refractivity contribution in [2.75, 3.05) is 18.9 Å². The number of nitrogens with zero attached hydrogens (tertiary/aromatic N) is 4. The van der Waals surface area contributed by atoms with Crippen LogP contribution in [0, 0.1) is 0 Å². The first-order valence-electron chi connectivity index (χ1n) is 8.95. The fourth-order valence-corrected chi connectivity index (χ4v) is 2.71. The summed E-state index contributed by atoms with van der Waals surface area (Å²) in [6, 6.07) is 0. The first kappa shape index (κ1) is 18.4. The highest BCUT2D eigenvalue weighted by atomic mass is 15.1. The molecule has 0 unspecified atom stereocenters. The van der Waals surface area contributed by atoms with E-state index in [1.165, 1.54) is 0 Å². The molecule has 3 rings (SSSR count). The molecule has 0 atom stereocenters. The first-order chi connectivity index (χ1) is 13.3. The highest BCUT2D eigenvalue weighted by Crippen LogP contribution is 2.22. The van der Waals surface area contributed by atoms with Gasteiger partial charge in [-0.15, -0.1) is 0 Å². The number of likely N-dealkylation sites (N-methyl/N-ethyl adjacent to an activating group) is 1. The van der Waals surface area contributed by atoms with Gasteiger partial charge in [-0.25, -0.2) is 9.97 Å². The van der Waals surface area contributed by atoms with E-state index in [1.807, 2.05) is 29.9 Å². The maximum atomic E-state index is 4.82. The van der Waals surface area contributed by atoms with E-state index in [0.29, 0.717) is 0 Å². The van der Waals surface area contributed by atoms with Gasteiger partial charge >= 0.3 is 0 Å². The second-order valence-electron chi connectivity index (χ2n) is 5.91. The Kier molecular flexibility index (Phi) is 6.35. The Balaban J connectivity index is 1.80. The summed E-state index contributed by atoms with van der Waals surface area (Å²) in [6.07, 6.45) is 23.0. The number of fused-ring (bicyclic) bond motifs is 1. The second kappa shape index (κ2) is 9.33. The second-order valence-corrected chi connectivity index (χ2v) is 5.91. The summed E-state index contributed by atoms with van der Waals surface area (Å²) in [7, 11) is 1.92. The Morgan fingerprint density at radius 1 is 1.41 bits per heavy atom. The molecule has 138 valence electrons. The molecule has 0 aliphatic heterocycles. The molecule has 2 aromatic heterocycles. The Hall–Kier alpha value is -3.41. The van der Waals surface area contributed by atoms with Crippen molar-refractivity contribution < 1.29 is 0 Å². The zero-order valence-corrected chi connectivity index (χ0v) is 15.5. The molecule has 0 spiro atoms. The van der Waals surface area contributed by atoms with Gasteiger partial charge in [-0.1, -0.05) is 30.9 Å². The number of nitrogens with one attached hydrogen (secondary N) is 2. The van der Waals surface area contributed by atoms with Crippen LogP contribution in [0.25, 0.3) is 11.2 Å². The van der Waals surface area contributed by atoms with Crippen LogP contribution in [0.1, 0.15) is 18.5 Å². The normalized spacial score (nSPS) is 14.4. The monoisotopic (exact) mass is 360 g/mol. The summed E-state index contributed by atoms with van der Waals surface area (Å²) in [5.41, 5.74) is 3.87. The SMILES string of the molecule is C=CC=N/C=C\CCNc1nc(C2=CCC=CC(NC)=C2)cn2ccnc12. The quantitative estimate of drug-likeness (QED) is 0.556. The molecule has 0 fully saturated rings. The van der Waals surface area contributed by atoms with Crippen LogP contribution in [-0.2, 0) is 0 Å². The topological polar surface area (TPSA) is 66.6 Å². The van der Waals surface area contributed by atoms with Gasteiger partial charge in [0.1, 0.15) is 0 Å². The molecule has 2 N–H and O–H groups in total. The van der Waals surface area contributed by atoms with Crippen molar-refractivity contribution in [2.45, 2.75) is 12.8 Å². The van der Waals surface area contributed by atoms with Gasteiger partial charge in [0.25, 0.3) is 0 Å². The van der Waals surface area contributed by atoms with Crippen molar-refractivity contribution in [3.8, 4) is 0 Å². The van der Waals surface area contributed by atoms with E-state index in [-0.39, 0.29) is 0 Å². The lowest BCUT2D eigenvalue weighted by atomic mass is 10.1. The molecule has 2 heterocycles. The average Bonchev–Trinajstić information content (AvgIpc) is 3.03. The van der Waals surface area contributed by atoms with Crippen molar-refractivity contribution in [3.63, 3.8) is 0 Å². The number of hydrogen-bond acceptors (Lipinski definition) is 5. The summed E-state index contributed by atoms with van der Waals surface area (Å²) in [5, 5.41) is 6.59. The molecular weight excluding hydrogens is 336 g/mol. The van der Waals surface area contributed by atoms with E-state index < -0.39 is 0 Å². The third kappa shape index (κ3) is 4.82. The van der Waals surface area contributed by atoms with Gasteiger partial charge in [0.15, 0.2) is 11.5 Å². The predicted octanol–water partition coefficient (Wildman–Crippen LogP) is 3.75. The van der Waals surface area contributed by atoms with Crippen LogP contribution in [0.4, 0.5) is 5.82 Å². The molecule has 1 aliphatic carbocycles. The molecule has 1 aliphatic rings. The minimum absolute atomic E-state index is 0.747. The molecule has 6 heteroatoms. The highest BCUT2D eigenvalue weighted by molar-refractivity contribution is 5.76. The van der Waals surface area contributed by atoms with Crippen LogP contribution in [0.3, 0.4) is 0 Å². The third-order valence-corrected chi connectivity index (χ3v) is 4.03. The fraction of sp³-hybridized carbons (Fsp3) is 0.190. The van der Waals surface area contributed by atoms with Crippen LogP contribution in [0.5, 0.6) is 0 Å². The molecule has 0 aromatic carbocycles. The third-order valence-electron chi connectivity index (χ3n) is 4.03. The number of anilines is 1. The summed E-state index contributed by atoms with van der Waals surface area (Å²) in [5.74, 6) is 0.776. The summed E-state index contributed by atoms with van der Waals surface area (Å²) in [6.45, 7) is 4.34. The van der Waals surface area contributed by atoms with Crippen molar-refractivity contribution in [2.24, 2.45) is 4.99 Å². The number of imidazole rings is 1. The molecule has 0 amide bonds. The first-order valence-corrected chi connectivity index (χ1v) is 8.95. The number of aliphatic imine (C=N–C) groups is 1. The standard InChI is InChI=1S/C21H24N6/c1-3-10-23-11-6-7-12-24-20-21-25-13-14-27(21)16-19(26-20)17-8-4-5-9-18(15-17)22-2/h3,5-6,8-11,13-16,22H,1,4,7,12H2,2H3,(H,24,26)/b11-6-,23-10?. The van der Waals surface area contributed by atoms with E-state index in [4.69, 9.17) is 4.98 Å². The average molecular weight is 360 g/mol. The number of allylic oxidation sites excluding steroid dienone is 6. The van der Waals surface area contributed by atoms with Crippen molar-refractivity contribution in [3.05, 3.63) is 79.2 Å². The summed E-state index contributed by atoms with van der Waals surface area (Å²) >= 11 is 0. The minimum atomic E-state index is 0.747. The van der Waals surface area contributed by atoms with E-state index in [0.717, 1.165) is 47.8 Å². The van der Waals surface area contributed by atoms with Crippen molar-refractivity contribution in [1.82, 2.24) is 19.7 Å². The van der Waals surface area contributed by atoms with Gasteiger partial charge in [-0.2, -0.15) is 0 Å². The predicted molar refractivity (Wildman–Crippen MR) is 113 cm³/mol. The van der Waals surface area contributed by atoms with E-state index >= 15 is 0 Å². The van der Waals surface area contributed by atoms with Gasteiger partial charge in [0.2, 0.25) is 0 Å². The largest absolute Gasteiger partial charge is 0.388 e. The molecular formula is C21H24N6. The Morgan fingerprint density at radius 2 is 2.33 bits per heavy atom. The smallest absolute Gasteiger partial charge is 0.180 e. The van der Waals surface area contributed by atoms with Gasteiger partial charge in [0.05, 0.1) is 5.69 Å². The Labute approximate surface area is 159 Å². The maximum absolute atomic E-state index is 4.82. The van der Waals surface area contributed by atoms with Crippen LogP contribution in [0.2, 0.25) is 0 Å². The number of aromatic nitrogens is 3. The van der Waals surface area contributed by atoms with Crippen LogP contribution < -0.4 is 10.6 Å². The minimum Gasteiger partial charge on any atom is -0.388 e. The molecule has 6 nitrogen and oxygen atoms in total. The van der Waals surface area contributed by atoms with Gasteiger partial charge in [-0.05, 0) is 25.0 Å². The molecule has 0 radical (unpaired) electrons. The molecule has 0 saturated heterocycles. The van der Waals surface area contributed by atoms with Crippen LogP contribution in [0.15, 0.2) is 78.5 Å². The highest BCUT2D eigenvalue weighted by Gasteiger charge is 2.10. The zero-order valence-electron chi connectivity index (χ0n) is 15.5. The summed E-state index contributed by atoms with van der Waals surface area (Å²) in [4.78, 5) is 13.3. The van der Waals surface area contributed by atoms with Crippen LogP contribution in [-0.4, -0.2) is 34.2 Å². The number of hydrogen-bond donors (Lipinski definition) is 2. The van der Waals surface area contributed by atoms with Crippen molar-refractivity contribution in [1.29, 1.82) is 0 Å². The Bertz CT molecular complexity index is 943. The zero-order chi connectivity index (χ0) is 18.9. The van der Waals surface area contributed by atoms with Crippen molar-refractivity contribution >= 4 is 23.3 Å². The molecule has 27 heavy (non-hydrogen) atoms. The maximum Gasteiger partial charge on any atom is 0.180 e. The van der Waals surface area contributed by atoms with Gasteiger partial charge < -0.3 is 15.0 Å². The lowest BCUT2D eigenvalue weighted by Crippen LogP contribution is -2.07. The van der Waals surface area contributed by atoms with E-state index in [1.54, 1.807) is 24.7 Å². The molecule has 2 aromatic rings. The fourth-order valence-electron chi connectivity index (χ4n) is 2.71. The summed E-state index contributed by atoms with van der Waals surface area (Å²) < 4.78 is 2.00. The lowest BCUT2D eigenvalue weighted by molar-refractivity contribution is 1.02. The number of rotatable bonds is 8. The van der Waals surface area contributed by atoms with Gasteiger partial charge in [0, 0.05) is 55.9 Å². The Morgan fingerprint density at radius 3 is 3.19 bits per heavy atom. The van der Waals surface area contributed by atoms with E-state index in [9.17, 15) is 0 Å². The lowest BCUT2D eigenvalue weighted by Gasteiger charge is -2.10. The van der Waals surface area contributed by atoms with E-state index in [2.05, 4.69) is 51.5 Å². The molecule has 0 bridgehead atoms. The van der Waals surface area contributed by atoms with Gasteiger partial charge in [-0.3, -0.25) is 4.99 Å². The molecule has 0 saturated carbocycles.